The van der Waals surface area contributed by atoms with E-state index in [9.17, 15) is 13.6 Å². The number of aliphatic carboxylic acids is 1. The van der Waals surface area contributed by atoms with Crippen LogP contribution in [0.5, 0.6) is 0 Å². The highest BCUT2D eigenvalue weighted by Crippen LogP contribution is 2.22. The molecule has 15 heavy (non-hydrogen) atoms. The maximum absolute atomic E-state index is 13.4. The van der Waals surface area contributed by atoms with Crippen LogP contribution in [0, 0.1) is 18.6 Å². The first-order valence-electron chi connectivity index (χ1n) is 4.36. The number of benzene rings is 1. The van der Waals surface area contributed by atoms with Gasteiger partial charge in [-0.2, -0.15) is 0 Å². The number of nitrogens with two attached hydrogens (primary N) is 1. The van der Waals surface area contributed by atoms with Gasteiger partial charge in [0.05, 0.1) is 5.92 Å². The van der Waals surface area contributed by atoms with E-state index in [-0.39, 0.29) is 17.7 Å². The summed E-state index contributed by atoms with van der Waals surface area (Å²) in [7, 11) is 0. The van der Waals surface area contributed by atoms with Gasteiger partial charge >= 0.3 is 5.97 Å². The van der Waals surface area contributed by atoms with Crippen molar-refractivity contribution in [3.63, 3.8) is 0 Å². The third-order valence-electron chi connectivity index (χ3n) is 2.21. The molecule has 1 aromatic carbocycles. The lowest BCUT2D eigenvalue weighted by atomic mass is 9.97. The highest BCUT2D eigenvalue weighted by Gasteiger charge is 2.23. The standard InChI is InChI=1S/C10H11F2NO2/c1-5-2-3-6(9(12)8(5)11)7(4-13)10(14)15/h2-3,7H,4,13H2,1H3,(H,14,15). The number of carboxylic acids is 1. The van der Waals surface area contributed by atoms with Gasteiger partial charge in [-0.15, -0.1) is 0 Å². The Morgan fingerprint density at radius 1 is 1.47 bits per heavy atom. The van der Waals surface area contributed by atoms with Gasteiger partial charge in [-0.25, -0.2) is 8.78 Å². The summed E-state index contributed by atoms with van der Waals surface area (Å²) >= 11 is 0. The molecule has 0 spiro atoms. The predicted octanol–water partition coefficient (Wildman–Crippen LogP) is 1.40. The number of aryl methyl sites for hydroxylation is 1. The minimum Gasteiger partial charge on any atom is -0.481 e. The molecular formula is C10H11F2NO2. The van der Waals surface area contributed by atoms with Gasteiger partial charge < -0.3 is 10.8 Å². The first-order chi connectivity index (χ1) is 6.99. The van der Waals surface area contributed by atoms with Crippen LogP contribution < -0.4 is 5.73 Å². The first kappa shape index (κ1) is 11.6. The van der Waals surface area contributed by atoms with Crippen LogP contribution in [0.3, 0.4) is 0 Å². The molecule has 5 heteroatoms. The number of carbonyl (C=O) groups is 1. The topological polar surface area (TPSA) is 63.3 Å². The molecule has 0 fully saturated rings. The van der Waals surface area contributed by atoms with Crippen LogP contribution in [0.4, 0.5) is 8.78 Å². The summed E-state index contributed by atoms with van der Waals surface area (Å²) in [5.74, 6) is -4.63. The van der Waals surface area contributed by atoms with Crippen molar-refractivity contribution in [2.24, 2.45) is 5.73 Å². The molecule has 0 saturated heterocycles. The van der Waals surface area contributed by atoms with E-state index in [0.29, 0.717) is 0 Å². The zero-order valence-electron chi connectivity index (χ0n) is 8.13. The van der Waals surface area contributed by atoms with Crippen LogP contribution in [-0.4, -0.2) is 17.6 Å². The number of carboxylic acid groups (broad SMARTS) is 1. The second kappa shape index (κ2) is 4.35. The van der Waals surface area contributed by atoms with Gasteiger partial charge in [0.15, 0.2) is 11.6 Å². The first-order valence-corrected chi connectivity index (χ1v) is 4.36. The molecule has 82 valence electrons. The summed E-state index contributed by atoms with van der Waals surface area (Å²) in [5, 5.41) is 8.74. The predicted molar refractivity (Wildman–Crippen MR) is 50.5 cm³/mol. The minimum absolute atomic E-state index is 0.136. The molecular weight excluding hydrogens is 204 g/mol. The summed E-state index contributed by atoms with van der Waals surface area (Å²) in [6.07, 6.45) is 0. The second-order valence-electron chi connectivity index (χ2n) is 3.23. The Morgan fingerprint density at radius 2 is 2.07 bits per heavy atom. The van der Waals surface area contributed by atoms with Crippen molar-refractivity contribution in [3.8, 4) is 0 Å². The van der Waals surface area contributed by atoms with Crippen molar-refractivity contribution in [1.29, 1.82) is 0 Å². The normalized spacial score (nSPS) is 12.5. The largest absolute Gasteiger partial charge is 0.481 e. The fraction of sp³-hybridized carbons (Fsp3) is 0.300. The summed E-state index contributed by atoms with van der Waals surface area (Å²) in [6.45, 7) is 1.13. The summed E-state index contributed by atoms with van der Waals surface area (Å²) in [6, 6.07) is 2.58. The molecule has 3 nitrogen and oxygen atoms in total. The molecule has 0 amide bonds. The third-order valence-corrected chi connectivity index (χ3v) is 2.21. The molecule has 3 N–H and O–H groups in total. The maximum Gasteiger partial charge on any atom is 0.312 e. The van der Waals surface area contributed by atoms with Gasteiger partial charge in [0.1, 0.15) is 0 Å². The lowest BCUT2D eigenvalue weighted by molar-refractivity contribution is -0.138. The number of rotatable bonds is 3. The van der Waals surface area contributed by atoms with Crippen LogP contribution in [0.25, 0.3) is 0 Å². The fourth-order valence-electron chi connectivity index (χ4n) is 1.29. The van der Waals surface area contributed by atoms with Crippen LogP contribution in [-0.2, 0) is 4.79 Å². The number of hydrogen-bond acceptors (Lipinski definition) is 2. The highest BCUT2D eigenvalue weighted by atomic mass is 19.2. The molecule has 0 heterocycles. The van der Waals surface area contributed by atoms with Gasteiger partial charge in [-0.1, -0.05) is 12.1 Å². The van der Waals surface area contributed by atoms with Gasteiger partial charge in [0.2, 0.25) is 0 Å². The lowest BCUT2D eigenvalue weighted by Crippen LogP contribution is -2.22. The Hall–Kier alpha value is -1.49. The van der Waals surface area contributed by atoms with Crippen LogP contribution in [0.1, 0.15) is 17.0 Å². The Morgan fingerprint density at radius 3 is 2.53 bits per heavy atom. The molecule has 0 radical (unpaired) electrons. The van der Waals surface area contributed by atoms with E-state index >= 15 is 0 Å². The van der Waals surface area contributed by atoms with E-state index in [2.05, 4.69) is 0 Å². The van der Waals surface area contributed by atoms with Gasteiger partial charge in [-0.05, 0) is 12.5 Å². The van der Waals surface area contributed by atoms with E-state index in [1.54, 1.807) is 0 Å². The summed E-state index contributed by atoms with van der Waals surface area (Å²) < 4.78 is 26.5. The molecule has 0 aliphatic rings. The SMILES string of the molecule is Cc1ccc(C(CN)C(=O)O)c(F)c1F. The number of hydrogen-bond donors (Lipinski definition) is 2. The lowest BCUT2D eigenvalue weighted by Gasteiger charge is -2.12. The Kier molecular flexibility index (Phi) is 3.36. The van der Waals surface area contributed by atoms with E-state index in [1.165, 1.54) is 19.1 Å². The average Bonchev–Trinajstić information content (AvgIpc) is 2.18. The molecule has 1 rings (SSSR count). The van der Waals surface area contributed by atoms with Crippen molar-refractivity contribution in [2.45, 2.75) is 12.8 Å². The molecule has 1 aromatic rings. The molecule has 0 bridgehead atoms. The Balaban J connectivity index is 3.25. The Bertz CT molecular complexity index is 393. The quantitative estimate of drug-likeness (QED) is 0.801. The maximum atomic E-state index is 13.4. The van der Waals surface area contributed by atoms with E-state index in [4.69, 9.17) is 10.8 Å². The van der Waals surface area contributed by atoms with Gasteiger partial charge in [0, 0.05) is 12.1 Å². The summed E-state index contributed by atoms with van der Waals surface area (Å²) in [5.41, 5.74) is 5.11. The average molecular weight is 215 g/mol. The van der Waals surface area contributed by atoms with E-state index in [0.717, 1.165) is 0 Å². The molecule has 0 saturated carbocycles. The summed E-state index contributed by atoms with van der Waals surface area (Å²) in [4.78, 5) is 10.7. The Labute approximate surface area is 85.5 Å². The van der Waals surface area contributed by atoms with Crippen molar-refractivity contribution in [2.75, 3.05) is 6.54 Å². The third kappa shape index (κ3) is 2.12. The van der Waals surface area contributed by atoms with Crippen molar-refractivity contribution < 1.29 is 18.7 Å². The van der Waals surface area contributed by atoms with Crippen molar-refractivity contribution in [3.05, 3.63) is 34.9 Å². The molecule has 1 atom stereocenters. The van der Waals surface area contributed by atoms with Crippen LogP contribution >= 0.6 is 0 Å². The van der Waals surface area contributed by atoms with E-state index in [1.807, 2.05) is 0 Å². The molecule has 0 aromatic heterocycles. The molecule has 0 aliphatic carbocycles. The number of halogens is 2. The zero-order chi connectivity index (χ0) is 11.6. The van der Waals surface area contributed by atoms with Crippen molar-refractivity contribution >= 4 is 5.97 Å². The highest BCUT2D eigenvalue weighted by molar-refractivity contribution is 5.76. The van der Waals surface area contributed by atoms with Crippen molar-refractivity contribution in [1.82, 2.24) is 0 Å². The zero-order valence-corrected chi connectivity index (χ0v) is 8.13. The molecule has 1 unspecified atom stereocenters. The van der Waals surface area contributed by atoms with E-state index < -0.39 is 23.5 Å². The van der Waals surface area contributed by atoms with Gasteiger partial charge in [0.25, 0.3) is 0 Å². The van der Waals surface area contributed by atoms with Crippen LogP contribution in [0.15, 0.2) is 12.1 Å². The monoisotopic (exact) mass is 215 g/mol. The minimum atomic E-state index is -1.26. The smallest absolute Gasteiger partial charge is 0.312 e. The molecule has 0 aliphatic heterocycles. The van der Waals surface area contributed by atoms with Crippen LogP contribution in [0.2, 0.25) is 0 Å². The van der Waals surface area contributed by atoms with Gasteiger partial charge in [-0.3, -0.25) is 4.79 Å². The fourth-order valence-corrected chi connectivity index (χ4v) is 1.29. The second-order valence-corrected chi connectivity index (χ2v) is 3.23.